The van der Waals surface area contributed by atoms with Gasteiger partial charge in [-0.2, -0.15) is 0 Å². The Hall–Kier alpha value is -2.56. The third kappa shape index (κ3) is 2.54. The average molecular weight is 285 g/mol. The molecule has 21 heavy (non-hydrogen) atoms. The van der Waals surface area contributed by atoms with Gasteiger partial charge in [0.15, 0.2) is 0 Å². The Morgan fingerprint density at radius 2 is 2.24 bits per heavy atom. The molecule has 1 aliphatic rings. The van der Waals surface area contributed by atoms with Gasteiger partial charge in [-0.1, -0.05) is 17.7 Å². The van der Waals surface area contributed by atoms with Crippen LogP contribution in [-0.4, -0.2) is 21.7 Å². The van der Waals surface area contributed by atoms with E-state index in [1.807, 2.05) is 19.1 Å². The standard InChI is InChI=1S/C16H15NO4/c1-10-4-5-14-11(7-10)8-12(21-14)9-17-6-2-3-13(15(17)18)16(19)20/h2-7,12H,8-9H2,1H3,(H,19,20). The fraction of sp³-hybridized carbons (Fsp3) is 0.250. The summed E-state index contributed by atoms with van der Waals surface area (Å²) in [6.07, 6.45) is 2.16. The molecule has 1 atom stereocenters. The first-order valence-electron chi connectivity index (χ1n) is 6.73. The topological polar surface area (TPSA) is 68.5 Å². The Bertz CT molecular complexity index is 763. The van der Waals surface area contributed by atoms with E-state index in [9.17, 15) is 9.59 Å². The number of carbonyl (C=O) groups is 1. The highest BCUT2D eigenvalue weighted by molar-refractivity contribution is 5.86. The van der Waals surface area contributed by atoms with Crippen molar-refractivity contribution in [2.75, 3.05) is 0 Å². The van der Waals surface area contributed by atoms with Gasteiger partial charge in [0.05, 0.1) is 6.54 Å². The summed E-state index contributed by atoms with van der Waals surface area (Å²) in [5.41, 5.74) is 1.58. The number of aryl methyl sites for hydroxylation is 1. The minimum absolute atomic E-state index is 0.149. The molecule has 0 fully saturated rings. The van der Waals surface area contributed by atoms with Crippen molar-refractivity contribution in [1.29, 1.82) is 0 Å². The zero-order valence-electron chi connectivity index (χ0n) is 11.6. The van der Waals surface area contributed by atoms with Crippen molar-refractivity contribution in [2.24, 2.45) is 0 Å². The Morgan fingerprint density at radius 1 is 1.43 bits per heavy atom. The summed E-state index contributed by atoms with van der Waals surface area (Å²) in [6, 6.07) is 8.87. The SMILES string of the molecule is Cc1ccc2c(c1)CC(Cn1cccc(C(=O)O)c1=O)O2. The minimum atomic E-state index is -1.21. The second kappa shape index (κ2) is 5.09. The monoisotopic (exact) mass is 285 g/mol. The fourth-order valence-electron chi connectivity index (χ4n) is 2.61. The van der Waals surface area contributed by atoms with E-state index in [0.717, 1.165) is 17.7 Å². The van der Waals surface area contributed by atoms with E-state index in [2.05, 4.69) is 6.07 Å². The Morgan fingerprint density at radius 3 is 3.00 bits per heavy atom. The van der Waals surface area contributed by atoms with Gasteiger partial charge in [0.1, 0.15) is 17.4 Å². The average Bonchev–Trinajstić information content (AvgIpc) is 2.82. The highest BCUT2D eigenvalue weighted by atomic mass is 16.5. The molecule has 5 nitrogen and oxygen atoms in total. The number of fused-ring (bicyclic) bond motifs is 1. The lowest BCUT2D eigenvalue weighted by molar-refractivity contribution is 0.0693. The Kier molecular flexibility index (Phi) is 3.25. The summed E-state index contributed by atoms with van der Waals surface area (Å²) in [6.45, 7) is 2.36. The van der Waals surface area contributed by atoms with E-state index in [-0.39, 0.29) is 11.7 Å². The zero-order valence-corrected chi connectivity index (χ0v) is 11.6. The van der Waals surface area contributed by atoms with Gasteiger partial charge in [-0.3, -0.25) is 4.79 Å². The number of hydrogen-bond acceptors (Lipinski definition) is 3. The molecule has 0 saturated heterocycles. The Labute approximate surface area is 121 Å². The van der Waals surface area contributed by atoms with Crippen LogP contribution in [0.4, 0.5) is 0 Å². The second-order valence-electron chi connectivity index (χ2n) is 5.24. The number of aromatic carboxylic acids is 1. The zero-order chi connectivity index (χ0) is 15.0. The molecular formula is C16H15NO4. The van der Waals surface area contributed by atoms with Crippen LogP contribution in [0, 0.1) is 6.92 Å². The fourth-order valence-corrected chi connectivity index (χ4v) is 2.61. The molecule has 0 amide bonds. The lowest BCUT2D eigenvalue weighted by Gasteiger charge is -2.13. The molecule has 2 aromatic rings. The predicted molar refractivity (Wildman–Crippen MR) is 77.0 cm³/mol. The number of benzene rings is 1. The van der Waals surface area contributed by atoms with Crippen molar-refractivity contribution in [3.05, 3.63) is 63.6 Å². The molecular weight excluding hydrogens is 270 g/mol. The first kappa shape index (κ1) is 13.4. The molecule has 3 rings (SSSR count). The van der Waals surface area contributed by atoms with E-state index in [4.69, 9.17) is 9.84 Å². The Balaban J connectivity index is 1.82. The summed E-state index contributed by atoms with van der Waals surface area (Å²) >= 11 is 0. The molecule has 0 spiro atoms. The highest BCUT2D eigenvalue weighted by Crippen LogP contribution is 2.29. The van der Waals surface area contributed by atoms with Gasteiger partial charge in [-0.15, -0.1) is 0 Å². The van der Waals surface area contributed by atoms with Crippen LogP contribution in [0.3, 0.4) is 0 Å². The maximum Gasteiger partial charge on any atom is 0.341 e. The molecule has 1 aliphatic heterocycles. The number of pyridine rings is 1. The van der Waals surface area contributed by atoms with Crippen LogP contribution in [0.25, 0.3) is 0 Å². The predicted octanol–water partition coefficient (Wildman–Crippen LogP) is 1.86. The second-order valence-corrected chi connectivity index (χ2v) is 5.24. The number of carboxylic acid groups (broad SMARTS) is 1. The number of ether oxygens (including phenoxy) is 1. The molecule has 1 N–H and O–H groups in total. The van der Waals surface area contributed by atoms with Crippen molar-refractivity contribution in [2.45, 2.75) is 26.0 Å². The van der Waals surface area contributed by atoms with Crippen LogP contribution in [0.1, 0.15) is 21.5 Å². The van der Waals surface area contributed by atoms with Gasteiger partial charge >= 0.3 is 5.97 Å². The van der Waals surface area contributed by atoms with E-state index in [1.54, 1.807) is 12.3 Å². The third-order valence-corrected chi connectivity index (χ3v) is 3.61. The summed E-state index contributed by atoms with van der Waals surface area (Å²) < 4.78 is 7.21. The lowest BCUT2D eigenvalue weighted by Crippen LogP contribution is -2.31. The molecule has 0 bridgehead atoms. The van der Waals surface area contributed by atoms with Crippen molar-refractivity contribution >= 4 is 5.97 Å². The molecule has 2 heterocycles. The molecule has 1 unspecified atom stereocenters. The van der Waals surface area contributed by atoms with Crippen molar-refractivity contribution in [3.63, 3.8) is 0 Å². The van der Waals surface area contributed by atoms with Crippen LogP contribution in [0.5, 0.6) is 5.75 Å². The minimum Gasteiger partial charge on any atom is -0.488 e. The summed E-state index contributed by atoms with van der Waals surface area (Å²) in [7, 11) is 0. The molecule has 1 aromatic heterocycles. The van der Waals surface area contributed by atoms with E-state index in [0.29, 0.717) is 6.54 Å². The first-order valence-corrected chi connectivity index (χ1v) is 6.73. The lowest BCUT2D eigenvalue weighted by atomic mass is 10.1. The van der Waals surface area contributed by atoms with Gasteiger partial charge in [0.2, 0.25) is 0 Å². The maximum absolute atomic E-state index is 12.1. The maximum atomic E-state index is 12.1. The largest absolute Gasteiger partial charge is 0.488 e. The van der Waals surface area contributed by atoms with Crippen molar-refractivity contribution < 1.29 is 14.6 Å². The normalized spacial score (nSPS) is 16.3. The van der Waals surface area contributed by atoms with Crippen LogP contribution in [0.15, 0.2) is 41.3 Å². The highest BCUT2D eigenvalue weighted by Gasteiger charge is 2.24. The number of hydrogen-bond donors (Lipinski definition) is 1. The first-order chi connectivity index (χ1) is 10.0. The van der Waals surface area contributed by atoms with Crippen LogP contribution < -0.4 is 10.3 Å². The van der Waals surface area contributed by atoms with Crippen molar-refractivity contribution in [1.82, 2.24) is 4.57 Å². The number of carboxylic acids is 1. The molecule has 0 radical (unpaired) electrons. The van der Waals surface area contributed by atoms with Gasteiger partial charge in [0, 0.05) is 12.6 Å². The summed E-state index contributed by atoms with van der Waals surface area (Å²) in [4.78, 5) is 23.0. The van der Waals surface area contributed by atoms with E-state index >= 15 is 0 Å². The number of aromatic nitrogens is 1. The number of nitrogens with zero attached hydrogens (tertiary/aromatic N) is 1. The third-order valence-electron chi connectivity index (χ3n) is 3.61. The molecule has 0 saturated carbocycles. The summed E-state index contributed by atoms with van der Waals surface area (Å²) in [5.74, 6) is -0.367. The molecule has 108 valence electrons. The smallest absolute Gasteiger partial charge is 0.341 e. The van der Waals surface area contributed by atoms with Crippen LogP contribution >= 0.6 is 0 Å². The van der Waals surface area contributed by atoms with Crippen molar-refractivity contribution in [3.8, 4) is 5.75 Å². The quantitative estimate of drug-likeness (QED) is 0.934. The van der Waals surface area contributed by atoms with Crippen LogP contribution in [-0.2, 0) is 13.0 Å². The van der Waals surface area contributed by atoms with Gasteiger partial charge in [-0.25, -0.2) is 4.79 Å². The van der Waals surface area contributed by atoms with Gasteiger partial charge in [-0.05, 0) is 30.7 Å². The summed E-state index contributed by atoms with van der Waals surface area (Å²) in [5, 5.41) is 8.98. The molecule has 5 heteroatoms. The van der Waals surface area contributed by atoms with Crippen LogP contribution in [0.2, 0.25) is 0 Å². The molecule has 0 aliphatic carbocycles. The van der Waals surface area contributed by atoms with Gasteiger partial charge < -0.3 is 14.4 Å². The van der Waals surface area contributed by atoms with Gasteiger partial charge in [0.25, 0.3) is 5.56 Å². The molecule has 1 aromatic carbocycles. The number of rotatable bonds is 3. The van der Waals surface area contributed by atoms with E-state index < -0.39 is 11.5 Å². The van der Waals surface area contributed by atoms with E-state index in [1.165, 1.54) is 16.2 Å².